The number of allylic oxidation sites excluding steroid dienone is 2. The molecule has 2 rings (SSSR count). The molecule has 1 aromatic heterocycles. The zero-order valence-electron chi connectivity index (χ0n) is 14.4. The van der Waals surface area contributed by atoms with E-state index in [1.54, 1.807) is 25.3 Å². The fourth-order valence-corrected chi connectivity index (χ4v) is 3.66. The van der Waals surface area contributed by atoms with Crippen LogP contribution in [-0.4, -0.2) is 23.8 Å². The predicted molar refractivity (Wildman–Crippen MR) is 99.8 cm³/mol. The number of pyridine rings is 1. The number of thioether (sulfide) groups is 1. The molecule has 1 aliphatic heterocycles. The van der Waals surface area contributed by atoms with Gasteiger partial charge in [0.25, 0.3) is 0 Å². The Morgan fingerprint density at radius 1 is 1.52 bits per heavy atom. The minimum Gasteiger partial charge on any atom is -0.463 e. The smallest absolute Gasteiger partial charge is 0.336 e. The number of nitriles is 1. The third-order valence-electron chi connectivity index (χ3n) is 3.83. The van der Waals surface area contributed by atoms with Crippen LogP contribution < -0.4 is 5.32 Å². The van der Waals surface area contributed by atoms with Crippen LogP contribution in [0.25, 0.3) is 0 Å². The first kappa shape index (κ1) is 19.4. The lowest BCUT2D eigenvalue weighted by Gasteiger charge is -2.30. The highest BCUT2D eigenvalue weighted by atomic mass is 35.5. The molecule has 1 unspecified atom stereocenters. The number of nitrogens with one attached hydrogen (secondary N) is 1. The van der Waals surface area contributed by atoms with E-state index in [0.717, 1.165) is 17.1 Å². The second-order valence-electron chi connectivity index (χ2n) is 5.36. The van der Waals surface area contributed by atoms with Gasteiger partial charge in [-0.05, 0) is 25.7 Å². The number of carbonyl (C=O) groups is 1. The molecule has 1 N–H and O–H groups in total. The number of nitrogens with zero attached hydrogens (tertiary/aromatic N) is 2. The number of halogens is 1. The summed E-state index contributed by atoms with van der Waals surface area (Å²) in [6.45, 7) is 4.05. The van der Waals surface area contributed by atoms with Gasteiger partial charge in [-0.3, -0.25) is 0 Å². The van der Waals surface area contributed by atoms with Crippen molar-refractivity contribution < 1.29 is 9.53 Å². The summed E-state index contributed by atoms with van der Waals surface area (Å²) in [4.78, 5) is 16.8. The Morgan fingerprint density at radius 2 is 2.28 bits per heavy atom. The second-order valence-corrected chi connectivity index (χ2v) is 6.54. The van der Waals surface area contributed by atoms with Crippen LogP contribution in [0.3, 0.4) is 0 Å². The Hall–Kier alpha value is -1.97. The van der Waals surface area contributed by atoms with E-state index in [0.29, 0.717) is 23.1 Å². The van der Waals surface area contributed by atoms with Gasteiger partial charge in [0.05, 0.1) is 34.8 Å². The molecule has 0 aromatic carbocycles. The standard InChI is InChI=1S/C18H20ClN3O2S/c1-4-7-13-15(18(23)24-5-2)14(11-8-6-9-21-16(11)19)12(10-20)17(22-13)25-3/h6,8-9,14,22H,4-5,7H2,1-3H3. The molecule has 0 bridgehead atoms. The maximum Gasteiger partial charge on any atom is 0.336 e. The molecule has 7 heteroatoms. The number of ether oxygens (including phenoxy) is 1. The summed E-state index contributed by atoms with van der Waals surface area (Å²) in [6.07, 6.45) is 4.99. The number of hydrogen-bond acceptors (Lipinski definition) is 6. The minimum absolute atomic E-state index is 0.260. The molecule has 0 spiro atoms. The largest absolute Gasteiger partial charge is 0.463 e. The molecule has 0 amide bonds. The predicted octanol–water partition coefficient (Wildman–Crippen LogP) is 4.14. The number of rotatable bonds is 6. The number of aromatic nitrogens is 1. The maximum absolute atomic E-state index is 12.7. The Labute approximate surface area is 157 Å². The average molecular weight is 378 g/mol. The quantitative estimate of drug-likeness (QED) is 0.593. The Kier molecular flexibility index (Phi) is 6.91. The van der Waals surface area contributed by atoms with Crippen molar-refractivity contribution >= 4 is 29.3 Å². The van der Waals surface area contributed by atoms with Gasteiger partial charge in [-0.2, -0.15) is 5.26 Å². The first-order valence-electron chi connectivity index (χ1n) is 8.04. The van der Waals surface area contributed by atoms with Crippen molar-refractivity contribution in [1.29, 1.82) is 5.26 Å². The van der Waals surface area contributed by atoms with Crippen LogP contribution in [0.1, 0.15) is 38.2 Å². The Balaban J connectivity index is 2.72. The van der Waals surface area contributed by atoms with Crippen LogP contribution in [-0.2, 0) is 9.53 Å². The van der Waals surface area contributed by atoms with Crippen LogP contribution in [0, 0.1) is 11.3 Å². The van der Waals surface area contributed by atoms with E-state index < -0.39 is 11.9 Å². The topological polar surface area (TPSA) is 75.0 Å². The maximum atomic E-state index is 12.7. The number of dihydropyridines is 1. The first-order chi connectivity index (χ1) is 12.1. The van der Waals surface area contributed by atoms with Crippen LogP contribution in [0.15, 0.2) is 40.2 Å². The van der Waals surface area contributed by atoms with Crippen molar-refractivity contribution in [3.8, 4) is 6.07 Å². The molecule has 5 nitrogen and oxygen atoms in total. The van der Waals surface area contributed by atoms with Crippen molar-refractivity contribution in [2.45, 2.75) is 32.6 Å². The SMILES string of the molecule is CCCC1=C(C(=O)OCC)C(c2cccnc2Cl)C(C#N)=C(SC)N1. The lowest BCUT2D eigenvalue weighted by Crippen LogP contribution is -2.30. The second kappa shape index (κ2) is 8.93. The lowest BCUT2D eigenvalue weighted by atomic mass is 9.82. The number of hydrogen-bond donors (Lipinski definition) is 1. The van der Waals surface area contributed by atoms with Crippen molar-refractivity contribution in [1.82, 2.24) is 10.3 Å². The summed E-state index contributed by atoms with van der Waals surface area (Å²) in [5.41, 5.74) is 2.29. The molecule has 0 saturated heterocycles. The molecule has 1 aliphatic rings. The van der Waals surface area contributed by atoms with Crippen LogP contribution in [0.2, 0.25) is 5.15 Å². The zero-order chi connectivity index (χ0) is 18.4. The lowest BCUT2D eigenvalue weighted by molar-refractivity contribution is -0.138. The molecule has 0 saturated carbocycles. The van der Waals surface area contributed by atoms with Crippen LogP contribution in [0.5, 0.6) is 0 Å². The van der Waals surface area contributed by atoms with Gasteiger partial charge in [0.1, 0.15) is 5.15 Å². The molecule has 0 fully saturated rings. The van der Waals surface area contributed by atoms with Crippen molar-refractivity contribution in [2.24, 2.45) is 0 Å². The third-order valence-corrected chi connectivity index (χ3v) is 4.88. The van der Waals surface area contributed by atoms with Gasteiger partial charge in [0.15, 0.2) is 0 Å². The number of carbonyl (C=O) groups excluding carboxylic acids is 1. The molecule has 132 valence electrons. The van der Waals surface area contributed by atoms with Crippen LogP contribution in [0.4, 0.5) is 0 Å². The van der Waals surface area contributed by atoms with Gasteiger partial charge in [0.2, 0.25) is 0 Å². The molecular weight excluding hydrogens is 358 g/mol. The summed E-state index contributed by atoms with van der Waals surface area (Å²) in [7, 11) is 0. The van der Waals surface area contributed by atoms with Gasteiger partial charge < -0.3 is 10.1 Å². The van der Waals surface area contributed by atoms with E-state index in [2.05, 4.69) is 16.4 Å². The highest BCUT2D eigenvalue weighted by Crippen LogP contribution is 2.43. The summed E-state index contributed by atoms with van der Waals surface area (Å²) in [5.74, 6) is -1.02. The van der Waals surface area contributed by atoms with Gasteiger partial charge in [-0.15, -0.1) is 11.8 Å². The van der Waals surface area contributed by atoms with Gasteiger partial charge in [-0.1, -0.05) is 31.0 Å². The van der Waals surface area contributed by atoms with Gasteiger partial charge in [-0.25, -0.2) is 9.78 Å². The first-order valence-corrected chi connectivity index (χ1v) is 9.65. The van der Waals surface area contributed by atoms with Crippen molar-refractivity contribution in [3.05, 3.63) is 50.9 Å². The monoisotopic (exact) mass is 377 g/mol. The highest BCUT2D eigenvalue weighted by Gasteiger charge is 2.37. The van der Waals surface area contributed by atoms with E-state index in [4.69, 9.17) is 16.3 Å². The van der Waals surface area contributed by atoms with E-state index in [9.17, 15) is 10.1 Å². The summed E-state index contributed by atoms with van der Waals surface area (Å²) in [5, 5.41) is 14.0. The molecule has 2 heterocycles. The number of esters is 1. The molecule has 0 radical (unpaired) electrons. The van der Waals surface area contributed by atoms with E-state index in [1.807, 2.05) is 13.2 Å². The molecule has 25 heavy (non-hydrogen) atoms. The summed E-state index contributed by atoms with van der Waals surface area (Å²) in [6, 6.07) is 5.78. The van der Waals surface area contributed by atoms with Gasteiger partial charge >= 0.3 is 5.97 Å². The summed E-state index contributed by atoms with van der Waals surface area (Å²) < 4.78 is 5.27. The highest BCUT2D eigenvalue weighted by molar-refractivity contribution is 8.02. The Morgan fingerprint density at radius 3 is 2.84 bits per heavy atom. The molecule has 1 aromatic rings. The third kappa shape index (κ3) is 4.00. The molecular formula is C18H20ClN3O2S. The fraction of sp³-hybridized carbons (Fsp3) is 0.389. The van der Waals surface area contributed by atoms with Crippen molar-refractivity contribution in [3.63, 3.8) is 0 Å². The minimum atomic E-state index is -0.588. The van der Waals surface area contributed by atoms with E-state index >= 15 is 0 Å². The van der Waals surface area contributed by atoms with E-state index in [-0.39, 0.29) is 11.8 Å². The zero-order valence-corrected chi connectivity index (χ0v) is 16.0. The molecule has 0 aliphatic carbocycles. The van der Waals surface area contributed by atoms with Gasteiger partial charge in [0, 0.05) is 17.5 Å². The normalized spacial score (nSPS) is 17.2. The fourth-order valence-electron chi connectivity index (χ4n) is 2.82. The average Bonchev–Trinajstić information content (AvgIpc) is 2.61. The van der Waals surface area contributed by atoms with Crippen LogP contribution >= 0.6 is 23.4 Å². The summed E-state index contributed by atoms with van der Waals surface area (Å²) >= 11 is 7.73. The van der Waals surface area contributed by atoms with E-state index in [1.165, 1.54) is 11.8 Å². The molecule has 1 atom stereocenters. The Bertz CT molecular complexity index is 768. The van der Waals surface area contributed by atoms with Crippen molar-refractivity contribution in [2.75, 3.05) is 12.9 Å².